The molecule has 27 heavy (non-hydrogen) atoms. The Morgan fingerprint density at radius 2 is 1.89 bits per heavy atom. The molecule has 0 amide bonds. The number of nitrogens with one attached hydrogen (secondary N) is 3. The summed E-state index contributed by atoms with van der Waals surface area (Å²) in [5.41, 5.74) is 0.117. The predicted molar refractivity (Wildman–Crippen MR) is 99.1 cm³/mol. The zero-order valence-electron chi connectivity index (χ0n) is 15.1. The van der Waals surface area contributed by atoms with Crippen LogP contribution < -0.4 is 10.6 Å². The lowest BCUT2D eigenvalue weighted by atomic mass is 9.68. The van der Waals surface area contributed by atoms with Crippen molar-refractivity contribution in [2.24, 2.45) is 11.8 Å². The summed E-state index contributed by atoms with van der Waals surface area (Å²) >= 11 is 0. The van der Waals surface area contributed by atoms with Crippen LogP contribution in [-0.2, 0) is 0 Å². The highest BCUT2D eigenvalue weighted by Gasteiger charge is 2.36. The van der Waals surface area contributed by atoms with Crippen molar-refractivity contribution in [3.8, 4) is 0 Å². The zero-order valence-corrected chi connectivity index (χ0v) is 15.1. The lowest BCUT2D eigenvalue weighted by molar-refractivity contribution is 0.157. The van der Waals surface area contributed by atoms with Crippen molar-refractivity contribution in [3.05, 3.63) is 41.5 Å². The minimum atomic E-state index is -0.563. The first-order valence-corrected chi connectivity index (χ1v) is 9.26. The summed E-state index contributed by atoms with van der Waals surface area (Å²) in [5, 5.41) is 14.4. The van der Waals surface area contributed by atoms with Crippen LogP contribution >= 0.6 is 0 Å². The number of rotatable bonds is 5. The lowest BCUT2D eigenvalue weighted by Gasteiger charge is -2.42. The van der Waals surface area contributed by atoms with Crippen molar-refractivity contribution in [2.75, 3.05) is 17.7 Å². The fraction of sp³-hybridized carbons (Fsp3) is 0.474. The molecular weight excluding hydrogens is 350 g/mol. The van der Waals surface area contributed by atoms with Gasteiger partial charge in [0.05, 0.1) is 12.4 Å². The predicted octanol–water partition coefficient (Wildman–Crippen LogP) is 3.60. The van der Waals surface area contributed by atoms with Crippen LogP contribution in [0.1, 0.15) is 43.5 Å². The Morgan fingerprint density at radius 1 is 1.11 bits per heavy atom. The highest BCUT2D eigenvalue weighted by atomic mass is 19.1. The summed E-state index contributed by atoms with van der Waals surface area (Å²) in [6.45, 7) is 0. The van der Waals surface area contributed by atoms with Gasteiger partial charge in [-0.25, -0.2) is 23.7 Å². The molecule has 0 aliphatic heterocycles. The molecule has 2 heterocycles. The maximum Gasteiger partial charge on any atom is 0.183 e. The molecule has 0 radical (unpaired) electrons. The molecule has 3 fully saturated rings. The highest BCUT2D eigenvalue weighted by Crippen LogP contribution is 2.42. The Bertz CT molecular complexity index is 863. The van der Waals surface area contributed by atoms with Crippen LogP contribution in [0.2, 0.25) is 0 Å². The fourth-order valence-electron chi connectivity index (χ4n) is 4.27. The van der Waals surface area contributed by atoms with E-state index in [0.717, 1.165) is 31.7 Å². The number of hydrogen-bond acceptors (Lipinski definition) is 6. The van der Waals surface area contributed by atoms with Gasteiger partial charge in [0, 0.05) is 18.7 Å². The Balaban J connectivity index is 1.61. The molecule has 0 unspecified atom stereocenters. The molecule has 0 spiro atoms. The van der Waals surface area contributed by atoms with Gasteiger partial charge in [0.25, 0.3) is 0 Å². The summed E-state index contributed by atoms with van der Waals surface area (Å²) in [6, 6.07) is 1.40. The van der Waals surface area contributed by atoms with Crippen LogP contribution in [-0.4, -0.2) is 33.8 Å². The molecule has 0 aromatic carbocycles. The maximum absolute atomic E-state index is 14.3. The molecule has 1 atom stereocenters. The molecule has 2 bridgehead atoms. The SMILES string of the molecule is CNc1ncc(F)cc1C(=N)c1ncc(F)c(N[C@@H]2CC3CCC2CC3)n1. The van der Waals surface area contributed by atoms with Gasteiger partial charge in [0.15, 0.2) is 17.5 Å². The summed E-state index contributed by atoms with van der Waals surface area (Å²) < 4.78 is 27.9. The lowest BCUT2D eigenvalue weighted by Crippen LogP contribution is -2.40. The van der Waals surface area contributed by atoms with Crippen LogP contribution in [0.5, 0.6) is 0 Å². The van der Waals surface area contributed by atoms with Crippen LogP contribution in [0.25, 0.3) is 0 Å². The van der Waals surface area contributed by atoms with Crippen molar-refractivity contribution in [3.63, 3.8) is 0 Å². The molecule has 0 saturated heterocycles. The molecule has 142 valence electrons. The number of halogens is 2. The Kier molecular flexibility index (Phi) is 4.72. The number of nitrogens with zero attached hydrogens (tertiary/aromatic N) is 3. The van der Waals surface area contributed by atoms with Crippen LogP contribution in [0.3, 0.4) is 0 Å². The molecule has 6 nitrogen and oxygen atoms in total. The quantitative estimate of drug-likeness (QED) is 0.698. The van der Waals surface area contributed by atoms with Gasteiger partial charge in [-0.05, 0) is 37.2 Å². The number of hydrogen-bond donors (Lipinski definition) is 3. The number of anilines is 2. The van der Waals surface area contributed by atoms with Crippen LogP contribution in [0.4, 0.5) is 20.4 Å². The Hall–Kier alpha value is -2.64. The van der Waals surface area contributed by atoms with Gasteiger partial charge in [0.1, 0.15) is 17.3 Å². The first kappa shape index (κ1) is 17.8. The fourth-order valence-corrected chi connectivity index (χ4v) is 4.27. The average molecular weight is 372 g/mol. The van der Waals surface area contributed by atoms with Crippen molar-refractivity contribution in [1.29, 1.82) is 5.41 Å². The van der Waals surface area contributed by atoms with Crippen molar-refractivity contribution in [2.45, 2.75) is 38.1 Å². The minimum absolute atomic E-state index is 0.0313. The van der Waals surface area contributed by atoms with Crippen molar-refractivity contribution in [1.82, 2.24) is 15.0 Å². The highest BCUT2D eigenvalue weighted by molar-refractivity contribution is 6.11. The molecule has 3 aliphatic rings. The van der Waals surface area contributed by atoms with E-state index in [1.165, 1.54) is 18.9 Å². The molecule has 2 aromatic heterocycles. The molecular formula is C19H22F2N6. The second-order valence-corrected chi connectivity index (χ2v) is 7.33. The third kappa shape index (κ3) is 3.48. The minimum Gasteiger partial charge on any atom is -0.373 e. The standard InChI is InChI=1S/C19H22F2N6/c1-23-17-13(7-12(20)8-24-17)16(22)19-25-9-14(21)18(27-19)26-15-6-10-2-4-11(15)5-3-10/h7-11,15,22H,2-6H2,1H3,(H,23,24)(H,25,26,27)/t10?,11?,15-/m1/s1. The number of aromatic nitrogens is 3. The molecule has 3 N–H and O–H groups in total. The van der Waals surface area contributed by atoms with Gasteiger partial charge >= 0.3 is 0 Å². The topological polar surface area (TPSA) is 86.6 Å². The molecule has 8 heteroatoms. The third-order valence-corrected chi connectivity index (χ3v) is 5.70. The summed E-state index contributed by atoms with van der Waals surface area (Å²) in [5.74, 6) is 0.615. The molecule has 3 saturated carbocycles. The number of pyridine rings is 1. The largest absolute Gasteiger partial charge is 0.373 e. The van der Waals surface area contributed by atoms with Crippen molar-refractivity contribution >= 4 is 17.3 Å². The second kappa shape index (κ2) is 7.17. The van der Waals surface area contributed by atoms with E-state index < -0.39 is 11.6 Å². The first-order valence-electron chi connectivity index (χ1n) is 9.26. The van der Waals surface area contributed by atoms with Crippen molar-refractivity contribution < 1.29 is 8.78 Å². The van der Waals surface area contributed by atoms with E-state index >= 15 is 0 Å². The normalized spacial score (nSPS) is 23.9. The van der Waals surface area contributed by atoms with Gasteiger partial charge < -0.3 is 10.6 Å². The monoisotopic (exact) mass is 372 g/mol. The van der Waals surface area contributed by atoms with E-state index in [9.17, 15) is 8.78 Å². The van der Waals surface area contributed by atoms with Crippen LogP contribution in [0.15, 0.2) is 18.5 Å². The van der Waals surface area contributed by atoms with Gasteiger partial charge in [0.2, 0.25) is 0 Å². The Morgan fingerprint density at radius 3 is 2.56 bits per heavy atom. The van der Waals surface area contributed by atoms with Gasteiger partial charge in [-0.3, -0.25) is 5.41 Å². The summed E-state index contributed by atoms with van der Waals surface area (Å²) in [6.07, 6.45) is 8.00. The van der Waals surface area contributed by atoms with Gasteiger partial charge in [-0.1, -0.05) is 12.8 Å². The summed E-state index contributed by atoms with van der Waals surface area (Å²) in [7, 11) is 1.63. The smallest absolute Gasteiger partial charge is 0.183 e. The first-order chi connectivity index (χ1) is 13.0. The molecule has 3 aliphatic carbocycles. The third-order valence-electron chi connectivity index (χ3n) is 5.70. The summed E-state index contributed by atoms with van der Waals surface area (Å²) in [4.78, 5) is 12.1. The van der Waals surface area contributed by atoms with E-state index in [0.29, 0.717) is 17.7 Å². The second-order valence-electron chi connectivity index (χ2n) is 7.33. The van der Waals surface area contributed by atoms with E-state index in [1.54, 1.807) is 7.05 Å². The van der Waals surface area contributed by atoms with Gasteiger partial charge in [-0.15, -0.1) is 0 Å². The molecule has 5 rings (SSSR count). The maximum atomic E-state index is 14.3. The number of fused-ring (bicyclic) bond motifs is 3. The van der Waals surface area contributed by atoms with E-state index in [-0.39, 0.29) is 29.0 Å². The zero-order chi connectivity index (χ0) is 19.0. The van der Waals surface area contributed by atoms with Gasteiger partial charge in [-0.2, -0.15) is 0 Å². The van der Waals surface area contributed by atoms with E-state index in [4.69, 9.17) is 5.41 Å². The average Bonchev–Trinajstić information content (AvgIpc) is 2.70. The Labute approximate surface area is 156 Å². The molecule has 2 aromatic rings. The van der Waals surface area contributed by atoms with Crippen LogP contribution in [0, 0.1) is 28.9 Å². The van der Waals surface area contributed by atoms with E-state index in [2.05, 4.69) is 25.6 Å². The van der Waals surface area contributed by atoms with E-state index in [1.807, 2.05) is 0 Å².